The molecule has 0 aliphatic carbocycles. The fourth-order valence-electron chi connectivity index (χ4n) is 2.03. The number of hydrogen-bond donors (Lipinski definition) is 1. The molecule has 4 heteroatoms. The molecule has 0 unspecified atom stereocenters. The smallest absolute Gasteiger partial charge is 0.225 e. The largest absolute Gasteiger partial charge is 0.439 e. The molecule has 2 aromatic heterocycles. The van der Waals surface area contributed by atoms with E-state index in [1.54, 1.807) is 31.5 Å². The summed E-state index contributed by atoms with van der Waals surface area (Å²) in [5, 5.41) is 10.8. The van der Waals surface area contributed by atoms with Gasteiger partial charge in [0.25, 0.3) is 0 Å². The van der Waals surface area contributed by atoms with Crippen molar-refractivity contribution in [3.63, 3.8) is 0 Å². The first-order valence-corrected chi connectivity index (χ1v) is 6.39. The maximum atomic E-state index is 9.72. The van der Waals surface area contributed by atoms with E-state index in [0.717, 1.165) is 10.9 Å². The predicted octanol–water partition coefficient (Wildman–Crippen LogP) is 3.48. The van der Waals surface area contributed by atoms with Gasteiger partial charge in [0.1, 0.15) is 5.75 Å². The average molecular weight is 266 g/mol. The highest BCUT2D eigenvalue weighted by Gasteiger charge is 2.11. The van der Waals surface area contributed by atoms with Crippen LogP contribution in [0.4, 0.5) is 0 Å². The summed E-state index contributed by atoms with van der Waals surface area (Å²) in [5.74, 6) is 1.06. The first-order chi connectivity index (χ1) is 9.74. The van der Waals surface area contributed by atoms with Gasteiger partial charge in [-0.15, -0.1) is 0 Å². The topological polar surface area (TPSA) is 55.2 Å². The number of rotatable bonds is 3. The lowest BCUT2D eigenvalue weighted by molar-refractivity contribution is 0.194. The van der Waals surface area contributed by atoms with Crippen molar-refractivity contribution in [2.24, 2.45) is 0 Å². The molecule has 20 heavy (non-hydrogen) atoms. The Morgan fingerprint density at radius 1 is 1.05 bits per heavy atom. The number of hydrogen-bond acceptors (Lipinski definition) is 4. The van der Waals surface area contributed by atoms with Crippen LogP contribution in [0.25, 0.3) is 10.9 Å². The monoisotopic (exact) mass is 266 g/mol. The molecule has 4 nitrogen and oxygen atoms in total. The van der Waals surface area contributed by atoms with Crippen LogP contribution < -0.4 is 4.74 Å². The van der Waals surface area contributed by atoms with Crippen LogP contribution in [-0.2, 0) is 0 Å². The molecule has 0 saturated carbocycles. The summed E-state index contributed by atoms with van der Waals surface area (Å²) in [7, 11) is 0. The molecule has 100 valence electrons. The van der Waals surface area contributed by atoms with Crippen molar-refractivity contribution >= 4 is 10.9 Å². The first kappa shape index (κ1) is 12.6. The quantitative estimate of drug-likeness (QED) is 0.788. The second kappa shape index (κ2) is 5.27. The highest BCUT2D eigenvalue weighted by atomic mass is 16.5. The van der Waals surface area contributed by atoms with Crippen LogP contribution in [0.15, 0.2) is 54.9 Å². The van der Waals surface area contributed by atoms with Crippen molar-refractivity contribution in [2.75, 3.05) is 0 Å². The minimum Gasteiger partial charge on any atom is -0.439 e. The Morgan fingerprint density at radius 2 is 1.85 bits per heavy atom. The molecule has 3 aromatic rings. The molecule has 0 aliphatic heterocycles. The van der Waals surface area contributed by atoms with Gasteiger partial charge in [-0.2, -0.15) is 0 Å². The van der Waals surface area contributed by atoms with Crippen molar-refractivity contribution < 1.29 is 9.84 Å². The Hall–Kier alpha value is -2.46. The first-order valence-electron chi connectivity index (χ1n) is 6.39. The van der Waals surface area contributed by atoms with E-state index < -0.39 is 6.10 Å². The molecule has 0 radical (unpaired) electrons. The molecule has 3 rings (SSSR count). The van der Waals surface area contributed by atoms with E-state index in [-0.39, 0.29) is 0 Å². The third kappa shape index (κ3) is 2.46. The molecular weight excluding hydrogens is 252 g/mol. The number of benzene rings is 1. The number of pyridine rings is 2. The third-order valence-electron chi connectivity index (χ3n) is 3.04. The third-order valence-corrected chi connectivity index (χ3v) is 3.04. The van der Waals surface area contributed by atoms with Gasteiger partial charge >= 0.3 is 0 Å². The van der Waals surface area contributed by atoms with Crippen molar-refractivity contribution in [2.45, 2.75) is 13.0 Å². The second-order valence-corrected chi connectivity index (χ2v) is 4.53. The van der Waals surface area contributed by atoms with Crippen LogP contribution in [0.5, 0.6) is 11.6 Å². The van der Waals surface area contributed by atoms with Gasteiger partial charge in [-0.25, -0.2) is 4.98 Å². The molecular formula is C16H14N2O2. The van der Waals surface area contributed by atoms with Crippen LogP contribution in [0.3, 0.4) is 0 Å². The molecule has 0 fully saturated rings. The number of fused-ring (bicyclic) bond motifs is 1. The summed E-state index contributed by atoms with van der Waals surface area (Å²) in [6.07, 6.45) is 2.76. The number of nitrogens with zero attached hydrogens (tertiary/aromatic N) is 2. The zero-order valence-electron chi connectivity index (χ0n) is 11.0. The molecule has 0 aliphatic rings. The van der Waals surface area contributed by atoms with Gasteiger partial charge in [0, 0.05) is 29.4 Å². The molecule has 1 atom stereocenters. The summed E-state index contributed by atoms with van der Waals surface area (Å²) < 4.78 is 5.77. The lowest BCUT2D eigenvalue weighted by Crippen LogP contribution is -1.98. The van der Waals surface area contributed by atoms with Gasteiger partial charge in [-0.1, -0.05) is 6.07 Å². The average Bonchev–Trinajstić information content (AvgIpc) is 2.47. The summed E-state index contributed by atoms with van der Waals surface area (Å²) in [5.41, 5.74) is 1.52. The number of aliphatic hydroxyl groups is 1. The second-order valence-electron chi connectivity index (χ2n) is 4.53. The Balaban J connectivity index is 1.97. The summed E-state index contributed by atoms with van der Waals surface area (Å²) in [4.78, 5) is 8.46. The van der Waals surface area contributed by atoms with E-state index in [9.17, 15) is 5.11 Å². The van der Waals surface area contributed by atoms with Crippen molar-refractivity contribution in [3.8, 4) is 11.6 Å². The summed E-state index contributed by atoms with van der Waals surface area (Å²) in [6.45, 7) is 1.69. The van der Waals surface area contributed by atoms with E-state index in [4.69, 9.17) is 4.74 Å². The van der Waals surface area contributed by atoms with Crippen LogP contribution in [0.1, 0.15) is 18.6 Å². The predicted molar refractivity (Wildman–Crippen MR) is 76.7 cm³/mol. The highest BCUT2D eigenvalue weighted by molar-refractivity contribution is 5.79. The van der Waals surface area contributed by atoms with E-state index in [1.807, 2.05) is 30.3 Å². The SMILES string of the molecule is C[C@@H](O)c1cccnc1Oc1ccc2cccnc2c1. The number of aliphatic hydroxyl groups excluding tert-OH is 1. The number of ether oxygens (including phenoxy) is 1. The molecule has 1 N–H and O–H groups in total. The van der Waals surface area contributed by atoms with Crippen LogP contribution >= 0.6 is 0 Å². The molecule has 0 amide bonds. The van der Waals surface area contributed by atoms with Gasteiger partial charge in [0.2, 0.25) is 5.88 Å². The zero-order chi connectivity index (χ0) is 13.9. The molecule has 0 spiro atoms. The molecule has 2 heterocycles. The van der Waals surface area contributed by atoms with Crippen LogP contribution in [-0.4, -0.2) is 15.1 Å². The van der Waals surface area contributed by atoms with Gasteiger partial charge < -0.3 is 9.84 Å². The maximum absolute atomic E-state index is 9.72. The lowest BCUT2D eigenvalue weighted by atomic mass is 10.2. The highest BCUT2D eigenvalue weighted by Crippen LogP contribution is 2.28. The maximum Gasteiger partial charge on any atom is 0.225 e. The minimum absolute atomic E-state index is 0.415. The molecule has 0 saturated heterocycles. The van der Waals surface area contributed by atoms with E-state index >= 15 is 0 Å². The van der Waals surface area contributed by atoms with Crippen LogP contribution in [0, 0.1) is 0 Å². The summed E-state index contributed by atoms with van der Waals surface area (Å²) >= 11 is 0. The fraction of sp³-hybridized carbons (Fsp3) is 0.125. The van der Waals surface area contributed by atoms with Crippen molar-refractivity contribution in [1.82, 2.24) is 9.97 Å². The van der Waals surface area contributed by atoms with E-state index in [0.29, 0.717) is 17.2 Å². The van der Waals surface area contributed by atoms with Crippen molar-refractivity contribution in [1.29, 1.82) is 0 Å². The van der Waals surface area contributed by atoms with Gasteiger partial charge in [-0.3, -0.25) is 4.98 Å². The van der Waals surface area contributed by atoms with E-state index in [1.165, 1.54) is 0 Å². The van der Waals surface area contributed by atoms with E-state index in [2.05, 4.69) is 9.97 Å². The Morgan fingerprint density at radius 3 is 2.70 bits per heavy atom. The van der Waals surface area contributed by atoms with Gasteiger partial charge in [0.15, 0.2) is 0 Å². The van der Waals surface area contributed by atoms with Crippen LogP contribution in [0.2, 0.25) is 0 Å². The summed E-state index contributed by atoms with van der Waals surface area (Å²) in [6, 6.07) is 13.1. The normalized spacial score (nSPS) is 12.3. The fourth-order valence-corrected chi connectivity index (χ4v) is 2.03. The Labute approximate surface area is 116 Å². The number of aromatic nitrogens is 2. The van der Waals surface area contributed by atoms with Crippen molar-refractivity contribution in [3.05, 3.63) is 60.4 Å². The lowest BCUT2D eigenvalue weighted by Gasteiger charge is -2.11. The molecule has 1 aromatic carbocycles. The Bertz CT molecular complexity index is 741. The zero-order valence-corrected chi connectivity index (χ0v) is 11.0. The minimum atomic E-state index is -0.628. The van der Waals surface area contributed by atoms with Gasteiger partial charge in [0.05, 0.1) is 11.6 Å². The Kier molecular flexibility index (Phi) is 3.31. The standard InChI is InChI=1S/C16H14N2O2/c1-11(19)14-5-3-9-18-16(14)20-13-7-6-12-4-2-8-17-15(12)10-13/h2-11,19H,1H3/t11-/m1/s1. The van der Waals surface area contributed by atoms with Gasteiger partial charge in [-0.05, 0) is 37.3 Å². The molecule has 0 bridgehead atoms.